The molecule has 2 amide bonds. The van der Waals surface area contributed by atoms with Crippen molar-refractivity contribution in [3.63, 3.8) is 0 Å². The molecule has 0 heterocycles. The van der Waals surface area contributed by atoms with Gasteiger partial charge in [0.1, 0.15) is 0 Å². The molecule has 0 bridgehead atoms. The third kappa shape index (κ3) is 7.84. The van der Waals surface area contributed by atoms with Crippen LogP contribution < -0.4 is 10.2 Å². The van der Waals surface area contributed by atoms with Crippen LogP contribution in [0.3, 0.4) is 0 Å². The second kappa shape index (κ2) is 14.1. The van der Waals surface area contributed by atoms with Crippen LogP contribution in [0.4, 0.5) is 11.4 Å². The van der Waals surface area contributed by atoms with E-state index in [1.54, 1.807) is 12.1 Å². The Hall–Kier alpha value is -3.81. The van der Waals surface area contributed by atoms with Gasteiger partial charge in [0.05, 0.1) is 6.61 Å². The minimum atomic E-state index is -0.274. The van der Waals surface area contributed by atoms with E-state index in [-0.39, 0.29) is 44.4 Å². The third-order valence-electron chi connectivity index (χ3n) is 6.10. The first-order valence-electron chi connectivity index (χ1n) is 12.6. The highest BCUT2D eigenvalue weighted by Gasteiger charge is 2.17. The van der Waals surface area contributed by atoms with Crippen molar-refractivity contribution in [2.45, 2.75) is 39.0 Å². The molecule has 4 N–H and O–H groups in total. The van der Waals surface area contributed by atoms with Crippen LogP contribution in [0.5, 0.6) is 0 Å². The summed E-state index contributed by atoms with van der Waals surface area (Å²) in [6.45, 7) is 2.03. The molecule has 0 unspecified atom stereocenters. The lowest BCUT2D eigenvalue weighted by Crippen LogP contribution is -2.34. The van der Waals surface area contributed by atoms with Gasteiger partial charge in [0, 0.05) is 43.1 Å². The number of hydrogen-bond acceptors (Lipinski definition) is 5. The lowest BCUT2D eigenvalue weighted by atomic mass is 9.97. The number of nitrogens with zero attached hydrogens (tertiary/aromatic N) is 1. The summed E-state index contributed by atoms with van der Waals surface area (Å²) < 4.78 is 0. The fraction of sp³-hybridized carbons (Fsp3) is 0.300. The number of benzene rings is 3. The molecular formula is C30H35N3O4. The molecule has 7 heteroatoms. The van der Waals surface area contributed by atoms with E-state index in [4.69, 9.17) is 5.41 Å². The molecule has 37 heavy (non-hydrogen) atoms. The molecule has 0 aromatic heterocycles. The van der Waals surface area contributed by atoms with E-state index in [1.807, 2.05) is 67.6 Å². The molecule has 7 nitrogen and oxygen atoms in total. The highest BCUT2D eigenvalue weighted by atomic mass is 16.3. The highest BCUT2D eigenvalue weighted by Crippen LogP contribution is 2.27. The van der Waals surface area contributed by atoms with Crippen molar-refractivity contribution < 1.29 is 19.8 Å². The van der Waals surface area contributed by atoms with Gasteiger partial charge in [-0.3, -0.25) is 9.59 Å². The Balaban J connectivity index is 1.61. The minimum absolute atomic E-state index is 0.00610. The zero-order chi connectivity index (χ0) is 26.6. The average Bonchev–Trinajstić information content (AvgIpc) is 2.91. The normalized spacial score (nSPS) is 10.7. The lowest BCUT2D eigenvalue weighted by molar-refractivity contribution is -0.122. The smallest absolute Gasteiger partial charge is 0.227 e. The molecule has 0 saturated heterocycles. The van der Waals surface area contributed by atoms with Crippen LogP contribution >= 0.6 is 0 Å². The van der Waals surface area contributed by atoms with E-state index in [1.165, 1.54) is 4.90 Å². The van der Waals surface area contributed by atoms with Gasteiger partial charge in [0.25, 0.3) is 0 Å². The quantitative estimate of drug-likeness (QED) is 0.252. The van der Waals surface area contributed by atoms with Crippen molar-refractivity contribution in [2.75, 3.05) is 30.0 Å². The van der Waals surface area contributed by atoms with Gasteiger partial charge < -0.3 is 25.8 Å². The molecule has 0 atom stereocenters. The Bertz CT molecular complexity index is 1190. The van der Waals surface area contributed by atoms with Gasteiger partial charge >= 0.3 is 0 Å². The number of nitrogens with one attached hydrogen (secondary N) is 2. The Morgan fingerprint density at radius 1 is 0.865 bits per heavy atom. The Kier molecular flexibility index (Phi) is 10.6. The Labute approximate surface area is 218 Å². The molecule has 0 radical (unpaired) electrons. The number of carbonyl (C=O) groups excluding carboxylic acids is 2. The van der Waals surface area contributed by atoms with Crippen molar-refractivity contribution >= 4 is 28.9 Å². The molecule has 0 aliphatic carbocycles. The van der Waals surface area contributed by atoms with Crippen LogP contribution in [-0.4, -0.2) is 47.5 Å². The standard InChI is InChI=1S/C30H35N3O4/c1-2-5-28(31)24-8-12-25(13-9-24)32-29(36)16-17-30(37)33(19-21-35)26-14-10-23(11-15-26)27-7-4-3-6-22(27)18-20-34/h3-4,6-15,31,34-35H,2,5,16-21H2,1H3,(H,32,36). The highest BCUT2D eigenvalue weighted by molar-refractivity contribution is 6.00. The number of carbonyl (C=O) groups is 2. The van der Waals surface area contributed by atoms with E-state index in [0.29, 0.717) is 29.9 Å². The maximum Gasteiger partial charge on any atom is 0.227 e. The number of hydrogen-bond donors (Lipinski definition) is 4. The summed E-state index contributed by atoms with van der Waals surface area (Å²) in [4.78, 5) is 26.9. The number of amides is 2. The summed E-state index contributed by atoms with van der Waals surface area (Å²) in [5.74, 6) is -0.523. The summed E-state index contributed by atoms with van der Waals surface area (Å²) in [7, 11) is 0. The molecule has 0 saturated carbocycles. The summed E-state index contributed by atoms with van der Waals surface area (Å²) in [6.07, 6.45) is 2.19. The number of rotatable bonds is 13. The second-order valence-electron chi connectivity index (χ2n) is 8.80. The third-order valence-corrected chi connectivity index (χ3v) is 6.10. The van der Waals surface area contributed by atoms with Gasteiger partial charge in [-0.2, -0.15) is 0 Å². The number of aliphatic hydroxyl groups excluding tert-OH is 2. The van der Waals surface area contributed by atoms with Crippen LogP contribution in [0.2, 0.25) is 0 Å². The monoisotopic (exact) mass is 501 g/mol. The average molecular weight is 502 g/mol. The van der Waals surface area contributed by atoms with Crippen LogP contribution in [0.15, 0.2) is 72.8 Å². The first kappa shape index (κ1) is 27.8. The van der Waals surface area contributed by atoms with Crippen molar-refractivity contribution in [2.24, 2.45) is 0 Å². The number of aliphatic hydroxyl groups is 2. The predicted octanol–water partition coefficient (Wildman–Crippen LogP) is 4.80. The van der Waals surface area contributed by atoms with Crippen molar-refractivity contribution in [3.05, 3.63) is 83.9 Å². The minimum Gasteiger partial charge on any atom is -0.396 e. The zero-order valence-corrected chi connectivity index (χ0v) is 21.2. The van der Waals surface area contributed by atoms with E-state index in [0.717, 1.165) is 28.7 Å². The predicted molar refractivity (Wildman–Crippen MR) is 148 cm³/mol. The lowest BCUT2D eigenvalue weighted by Gasteiger charge is -2.22. The van der Waals surface area contributed by atoms with Crippen LogP contribution in [0.1, 0.15) is 43.7 Å². The van der Waals surface area contributed by atoms with Crippen LogP contribution in [0.25, 0.3) is 11.1 Å². The van der Waals surface area contributed by atoms with E-state index < -0.39 is 0 Å². The van der Waals surface area contributed by atoms with Crippen LogP contribution in [-0.2, 0) is 16.0 Å². The molecule has 0 spiro atoms. The Morgan fingerprint density at radius 3 is 2.22 bits per heavy atom. The van der Waals surface area contributed by atoms with Gasteiger partial charge in [-0.25, -0.2) is 0 Å². The largest absolute Gasteiger partial charge is 0.396 e. The van der Waals surface area contributed by atoms with Crippen LogP contribution in [0, 0.1) is 5.41 Å². The molecule has 194 valence electrons. The van der Waals surface area contributed by atoms with Gasteiger partial charge in [-0.05, 0) is 59.4 Å². The summed E-state index contributed by atoms with van der Waals surface area (Å²) >= 11 is 0. The Morgan fingerprint density at radius 2 is 1.57 bits per heavy atom. The molecule has 0 fully saturated rings. The maximum absolute atomic E-state index is 12.9. The fourth-order valence-electron chi connectivity index (χ4n) is 4.19. The topological polar surface area (TPSA) is 114 Å². The van der Waals surface area contributed by atoms with Crippen molar-refractivity contribution in [1.82, 2.24) is 0 Å². The fourth-order valence-corrected chi connectivity index (χ4v) is 4.19. The molecule has 0 aliphatic heterocycles. The SMILES string of the molecule is CCCC(=N)c1ccc(NC(=O)CCC(=O)N(CCO)c2ccc(-c3ccccc3CCO)cc2)cc1. The molecule has 3 rings (SSSR count). The molecule has 3 aromatic carbocycles. The zero-order valence-electron chi connectivity index (χ0n) is 21.2. The number of anilines is 2. The van der Waals surface area contributed by atoms with Crippen molar-refractivity contribution in [1.29, 1.82) is 5.41 Å². The van der Waals surface area contributed by atoms with E-state index in [2.05, 4.69) is 5.32 Å². The van der Waals surface area contributed by atoms with Gasteiger partial charge in [-0.1, -0.05) is 61.9 Å². The summed E-state index contributed by atoms with van der Waals surface area (Å²) in [5.41, 5.74) is 5.70. The van der Waals surface area contributed by atoms with E-state index in [9.17, 15) is 19.8 Å². The second-order valence-corrected chi connectivity index (χ2v) is 8.80. The van der Waals surface area contributed by atoms with Gasteiger partial charge in [0.2, 0.25) is 11.8 Å². The summed E-state index contributed by atoms with van der Waals surface area (Å²) in [6, 6.07) is 22.5. The van der Waals surface area contributed by atoms with Gasteiger partial charge in [-0.15, -0.1) is 0 Å². The molecule has 0 aliphatic rings. The van der Waals surface area contributed by atoms with E-state index >= 15 is 0 Å². The molecular weight excluding hydrogens is 466 g/mol. The van der Waals surface area contributed by atoms with Gasteiger partial charge in [0.15, 0.2) is 0 Å². The summed E-state index contributed by atoms with van der Waals surface area (Å²) in [5, 5.41) is 29.7. The first-order chi connectivity index (χ1) is 18.0. The maximum atomic E-state index is 12.9. The molecule has 3 aromatic rings. The van der Waals surface area contributed by atoms with Crippen molar-refractivity contribution in [3.8, 4) is 11.1 Å². The first-order valence-corrected chi connectivity index (χ1v) is 12.6.